The molecular formula is C19H15N3OS2. The van der Waals surface area contributed by atoms with Crippen molar-refractivity contribution in [3.63, 3.8) is 0 Å². The van der Waals surface area contributed by atoms with Crippen LogP contribution in [-0.4, -0.2) is 15.9 Å². The van der Waals surface area contributed by atoms with E-state index in [0.717, 1.165) is 32.0 Å². The molecule has 2 aromatic heterocycles. The molecule has 0 saturated heterocycles. The summed E-state index contributed by atoms with van der Waals surface area (Å²) < 4.78 is 1.07. The maximum atomic E-state index is 12.5. The zero-order chi connectivity index (χ0) is 17.4. The summed E-state index contributed by atoms with van der Waals surface area (Å²) in [4.78, 5) is 21.5. The highest BCUT2D eigenvalue weighted by Gasteiger charge is 2.11. The van der Waals surface area contributed by atoms with Crippen molar-refractivity contribution in [1.29, 1.82) is 0 Å². The van der Waals surface area contributed by atoms with Crippen LogP contribution >= 0.6 is 22.7 Å². The van der Waals surface area contributed by atoms with Gasteiger partial charge in [0.1, 0.15) is 5.01 Å². The Morgan fingerprint density at radius 1 is 1.04 bits per heavy atom. The van der Waals surface area contributed by atoms with E-state index in [1.165, 1.54) is 11.3 Å². The summed E-state index contributed by atoms with van der Waals surface area (Å²) in [7, 11) is 0. The van der Waals surface area contributed by atoms with Gasteiger partial charge in [0.15, 0.2) is 5.13 Å². The summed E-state index contributed by atoms with van der Waals surface area (Å²) in [5.41, 5.74) is 4.68. The Bertz CT molecular complexity index is 1060. The van der Waals surface area contributed by atoms with Crippen LogP contribution in [0.3, 0.4) is 0 Å². The molecule has 0 fully saturated rings. The molecule has 1 N–H and O–H groups in total. The lowest BCUT2D eigenvalue weighted by Gasteiger charge is -2.02. The molecule has 124 valence electrons. The second-order valence-corrected chi connectivity index (χ2v) is 7.65. The zero-order valence-electron chi connectivity index (χ0n) is 13.7. The van der Waals surface area contributed by atoms with Crippen LogP contribution in [0.25, 0.3) is 20.8 Å². The molecular weight excluding hydrogens is 350 g/mol. The Labute approximate surface area is 153 Å². The molecule has 4 aromatic rings. The molecule has 0 aliphatic rings. The molecule has 0 radical (unpaired) electrons. The highest BCUT2D eigenvalue weighted by molar-refractivity contribution is 7.22. The van der Waals surface area contributed by atoms with Crippen LogP contribution in [-0.2, 0) is 0 Å². The number of carbonyl (C=O) groups excluding carboxylic acids is 1. The van der Waals surface area contributed by atoms with E-state index in [1.807, 2.05) is 61.7 Å². The molecule has 0 aliphatic carbocycles. The van der Waals surface area contributed by atoms with Gasteiger partial charge in [0, 0.05) is 22.2 Å². The first-order chi connectivity index (χ1) is 12.1. The maximum Gasteiger partial charge on any atom is 0.257 e. The number of amides is 1. The van der Waals surface area contributed by atoms with Crippen LogP contribution in [0.4, 0.5) is 5.13 Å². The van der Waals surface area contributed by atoms with Gasteiger partial charge in [-0.05, 0) is 37.6 Å². The largest absolute Gasteiger partial charge is 0.298 e. The van der Waals surface area contributed by atoms with Crippen LogP contribution in [0.2, 0.25) is 0 Å². The minimum absolute atomic E-state index is 0.154. The number of anilines is 1. The highest BCUT2D eigenvalue weighted by Crippen LogP contribution is 2.28. The van der Waals surface area contributed by atoms with Gasteiger partial charge in [-0.1, -0.05) is 35.6 Å². The minimum Gasteiger partial charge on any atom is -0.298 e. The van der Waals surface area contributed by atoms with Gasteiger partial charge in [-0.2, -0.15) is 0 Å². The van der Waals surface area contributed by atoms with Crippen LogP contribution in [0.15, 0.2) is 47.8 Å². The van der Waals surface area contributed by atoms with Gasteiger partial charge in [0.2, 0.25) is 0 Å². The summed E-state index contributed by atoms with van der Waals surface area (Å²) in [6.07, 6.45) is 0. The molecule has 0 saturated carbocycles. The fraction of sp³-hybridized carbons (Fsp3) is 0.105. The number of fused-ring (bicyclic) bond motifs is 1. The summed E-state index contributed by atoms with van der Waals surface area (Å²) in [6.45, 7) is 3.99. The molecule has 0 bridgehead atoms. The molecule has 2 aromatic carbocycles. The normalized spacial score (nSPS) is 11.0. The van der Waals surface area contributed by atoms with Crippen molar-refractivity contribution in [2.45, 2.75) is 13.8 Å². The lowest BCUT2D eigenvalue weighted by Crippen LogP contribution is -2.11. The standard InChI is InChI=1S/C19H15N3OS2/c1-11-4-3-5-15-16(11)21-19(25-15)22-17(23)13-6-8-14(9-7-13)18-20-12(2)10-24-18/h3-10H,1-2H3,(H,21,22,23). The van der Waals surface area contributed by atoms with Crippen molar-refractivity contribution in [3.8, 4) is 10.6 Å². The number of benzene rings is 2. The van der Waals surface area contributed by atoms with E-state index in [9.17, 15) is 4.79 Å². The summed E-state index contributed by atoms with van der Waals surface area (Å²) in [6, 6.07) is 13.5. The Balaban J connectivity index is 1.55. The van der Waals surface area contributed by atoms with Crippen LogP contribution in [0.5, 0.6) is 0 Å². The van der Waals surface area contributed by atoms with E-state index in [-0.39, 0.29) is 5.91 Å². The topological polar surface area (TPSA) is 54.9 Å². The van der Waals surface area contributed by atoms with Crippen molar-refractivity contribution < 1.29 is 4.79 Å². The molecule has 4 nitrogen and oxygen atoms in total. The molecule has 4 rings (SSSR count). The van der Waals surface area contributed by atoms with Gasteiger partial charge in [-0.25, -0.2) is 9.97 Å². The third-order valence-electron chi connectivity index (χ3n) is 3.85. The Morgan fingerprint density at radius 2 is 1.84 bits per heavy atom. The third-order valence-corrected chi connectivity index (χ3v) is 5.80. The van der Waals surface area contributed by atoms with E-state index in [0.29, 0.717) is 10.7 Å². The van der Waals surface area contributed by atoms with E-state index < -0.39 is 0 Å². The number of aryl methyl sites for hydroxylation is 2. The van der Waals surface area contributed by atoms with Gasteiger partial charge >= 0.3 is 0 Å². The van der Waals surface area contributed by atoms with Crippen molar-refractivity contribution in [1.82, 2.24) is 9.97 Å². The molecule has 0 spiro atoms. The molecule has 0 unspecified atom stereocenters. The summed E-state index contributed by atoms with van der Waals surface area (Å²) in [5, 5.41) is 6.50. The number of hydrogen-bond acceptors (Lipinski definition) is 5. The number of carbonyl (C=O) groups is 1. The van der Waals surface area contributed by atoms with Crippen molar-refractivity contribution in [3.05, 3.63) is 64.7 Å². The Kier molecular flexibility index (Phi) is 4.07. The number of hydrogen-bond donors (Lipinski definition) is 1. The van der Waals surface area contributed by atoms with Gasteiger partial charge in [0.25, 0.3) is 5.91 Å². The van der Waals surface area contributed by atoms with Gasteiger partial charge in [-0.15, -0.1) is 11.3 Å². The summed E-state index contributed by atoms with van der Waals surface area (Å²) in [5.74, 6) is -0.154. The number of nitrogens with zero attached hydrogens (tertiary/aromatic N) is 2. The predicted molar refractivity (Wildman–Crippen MR) is 105 cm³/mol. The fourth-order valence-corrected chi connectivity index (χ4v) is 4.30. The smallest absolute Gasteiger partial charge is 0.257 e. The Morgan fingerprint density at radius 3 is 2.52 bits per heavy atom. The van der Waals surface area contributed by atoms with Gasteiger partial charge in [0.05, 0.1) is 10.2 Å². The predicted octanol–water partition coefficient (Wildman–Crippen LogP) is 5.29. The first-order valence-electron chi connectivity index (χ1n) is 7.80. The van der Waals surface area contributed by atoms with E-state index in [1.54, 1.807) is 11.3 Å². The van der Waals surface area contributed by atoms with Gasteiger partial charge < -0.3 is 0 Å². The molecule has 0 aliphatic heterocycles. The fourth-order valence-electron chi connectivity index (χ4n) is 2.56. The van der Waals surface area contributed by atoms with Crippen molar-refractivity contribution in [2.24, 2.45) is 0 Å². The minimum atomic E-state index is -0.154. The number of nitrogens with one attached hydrogen (secondary N) is 1. The average Bonchev–Trinajstić information content (AvgIpc) is 3.22. The monoisotopic (exact) mass is 365 g/mol. The number of rotatable bonds is 3. The molecule has 0 atom stereocenters. The van der Waals surface area contributed by atoms with E-state index in [2.05, 4.69) is 15.3 Å². The molecule has 1 amide bonds. The van der Waals surface area contributed by atoms with Crippen LogP contribution in [0, 0.1) is 13.8 Å². The van der Waals surface area contributed by atoms with Crippen LogP contribution in [0.1, 0.15) is 21.6 Å². The third kappa shape index (κ3) is 3.18. The lowest BCUT2D eigenvalue weighted by molar-refractivity contribution is 0.102. The second-order valence-electron chi connectivity index (χ2n) is 5.77. The molecule has 2 heterocycles. The quantitative estimate of drug-likeness (QED) is 0.537. The highest BCUT2D eigenvalue weighted by atomic mass is 32.1. The second kappa shape index (κ2) is 6.38. The van der Waals surface area contributed by atoms with Crippen molar-refractivity contribution in [2.75, 3.05) is 5.32 Å². The van der Waals surface area contributed by atoms with Crippen molar-refractivity contribution >= 4 is 43.9 Å². The Hall–Kier alpha value is -2.57. The zero-order valence-corrected chi connectivity index (χ0v) is 15.4. The van der Waals surface area contributed by atoms with E-state index in [4.69, 9.17) is 0 Å². The lowest BCUT2D eigenvalue weighted by atomic mass is 10.1. The van der Waals surface area contributed by atoms with Crippen LogP contribution < -0.4 is 5.32 Å². The average molecular weight is 365 g/mol. The molecule has 6 heteroatoms. The van der Waals surface area contributed by atoms with Gasteiger partial charge in [-0.3, -0.25) is 10.1 Å². The molecule has 25 heavy (non-hydrogen) atoms. The first kappa shape index (κ1) is 15.9. The maximum absolute atomic E-state index is 12.5. The SMILES string of the molecule is Cc1csc(-c2ccc(C(=O)Nc3nc4c(C)cccc4s3)cc2)n1. The number of para-hydroxylation sites is 1. The first-order valence-corrected chi connectivity index (χ1v) is 9.50. The number of aromatic nitrogens is 2. The summed E-state index contributed by atoms with van der Waals surface area (Å²) >= 11 is 3.09. The van der Waals surface area contributed by atoms with E-state index >= 15 is 0 Å². The number of thiazole rings is 2.